The fourth-order valence-corrected chi connectivity index (χ4v) is 2.42. The Kier molecular flexibility index (Phi) is 4.21. The molecule has 0 aliphatic heterocycles. The monoisotopic (exact) mass is 359 g/mol. The highest BCUT2D eigenvalue weighted by Gasteiger charge is 2.06. The molecule has 18 heavy (non-hydrogen) atoms. The van der Waals surface area contributed by atoms with Gasteiger partial charge in [-0.05, 0) is 54.6 Å². The smallest absolute Gasteiger partial charge is 0.124 e. The molecule has 3 nitrogen and oxygen atoms in total. The summed E-state index contributed by atoms with van der Waals surface area (Å²) in [7, 11) is 0. The molecule has 0 aliphatic rings. The third-order valence-electron chi connectivity index (χ3n) is 2.69. The first-order chi connectivity index (χ1) is 8.58. The molecule has 0 fully saturated rings. The van der Waals surface area contributed by atoms with Gasteiger partial charge < -0.3 is 9.88 Å². The van der Waals surface area contributed by atoms with Crippen LogP contribution in [0.25, 0.3) is 0 Å². The minimum Gasteiger partial charge on any atom is -0.379 e. The van der Waals surface area contributed by atoms with Crippen LogP contribution in [0, 0.1) is 9.39 Å². The lowest BCUT2D eigenvalue weighted by Gasteiger charge is -2.13. The first-order valence-corrected chi connectivity index (χ1v) is 6.85. The maximum atomic E-state index is 13.0. The molecule has 0 saturated carbocycles. The van der Waals surface area contributed by atoms with Crippen molar-refractivity contribution in [1.82, 2.24) is 9.55 Å². The Morgan fingerprint density at radius 3 is 2.89 bits per heavy atom. The summed E-state index contributed by atoms with van der Waals surface area (Å²) in [4.78, 5) is 4.15. The summed E-state index contributed by atoms with van der Waals surface area (Å²) in [5, 5.41) is 3.30. The number of hydrogen-bond acceptors (Lipinski definition) is 2. The normalized spacial score (nSPS) is 10.9. The van der Waals surface area contributed by atoms with Gasteiger partial charge in [-0.15, -0.1) is 0 Å². The van der Waals surface area contributed by atoms with Crippen LogP contribution >= 0.6 is 22.6 Å². The van der Waals surface area contributed by atoms with E-state index < -0.39 is 0 Å². The molecule has 0 amide bonds. The third kappa shape index (κ3) is 3.01. The van der Waals surface area contributed by atoms with Crippen molar-refractivity contribution >= 4 is 28.3 Å². The molecular weight excluding hydrogens is 344 g/mol. The van der Waals surface area contributed by atoms with Gasteiger partial charge >= 0.3 is 0 Å². The molecule has 2 aromatic rings. The summed E-state index contributed by atoms with van der Waals surface area (Å²) in [5.74, 6) is -0.211. The zero-order chi connectivity index (χ0) is 13.1. The second-order valence-corrected chi connectivity index (χ2v) is 5.53. The number of aromatic nitrogens is 2. The van der Waals surface area contributed by atoms with Crippen LogP contribution in [0.4, 0.5) is 10.1 Å². The summed E-state index contributed by atoms with van der Waals surface area (Å²) in [5.41, 5.74) is 2.05. The molecule has 0 spiro atoms. The number of nitrogens with one attached hydrogen (secondary N) is 1. The van der Waals surface area contributed by atoms with Crippen LogP contribution in [0.2, 0.25) is 0 Å². The van der Waals surface area contributed by atoms with Crippen molar-refractivity contribution in [1.29, 1.82) is 0 Å². The SMILES string of the molecule is CC(C)n1cncc1CNc1ccc(F)cc1I. The Balaban J connectivity index is 2.09. The van der Waals surface area contributed by atoms with Gasteiger partial charge in [-0.3, -0.25) is 0 Å². The first-order valence-electron chi connectivity index (χ1n) is 5.77. The minimum absolute atomic E-state index is 0.211. The van der Waals surface area contributed by atoms with E-state index in [1.807, 2.05) is 12.5 Å². The summed E-state index contributed by atoms with van der Waals surface area (Å²) in [6, 6.07) is 5.12. The van der Waals surface area contributed by atoms with Crippen molar-refractivity contribution in [3.63, 3.8) is 0 Å². The van der Waals surface area contributed by atoms with E-state index in [0.717, 1.165) is 15.0 Å². The average Bonchev–Trinajstić information content (AvgIpc) is 2.76. The largest absolute Gasteiger partial charge is 0.379 e. The number of anilines is 1. The highest BCUT2D eigenvalue weighted by molar-refractivity contribution is 14.1. The Morgan fingerprint density at radius 2 is 2.22 bits per heavy atom. The predicted molar refractivity (Wildman–Crippen MR) is 79.1 cm³/mol. The lowest BCUT2D eigenvalue weighted by Crippen LogP contribution is -2.09. The van der Waals surface area contributed by atoms with Crippen LogP contribution in [0.15, 0.2) is 30.7 Å². The number of nitrogens with zero attached hydrogens (tertiary/aromatic N) is 2. The van der Waals surface area contributed by atoms with Crippen molar-refractivity contribution in [2.24, 2.45) is 0 Å². The molecule has 0 radical (unpaired) electrons. The van der Waals surface area contributed by atoms with Crippen molar-refractivity contribution < 1.29 is 4.39 Å². The summed E-state index contributed by atoms with van der Waals surface area (Å²) in [6.45, 7) is 4.92. The van der Waals surface area contributed by atoms with Gasteiger partial charge in [-0.25, -0.2) is 9.37 Å². The molecule has 0 aliphatic carbocycles. The van der Waals surface area contributed by atoms with E-state index in [1.165, 1.54) is 12.1 Å². The highest BCUT2D eigenvalue weighted by Crippen LogP contribution is 2.20. The molecule has 1 aromatic carbocycles. The highest BCUT2D eigenvalue weighted by atomic mass is 127. The van der Waals surface area contributed by atoms with E-state index in [0.29, 0.717) is 12.6 Å². The molecule has 0 atom stereocenters. The standard InChI is InChI=1S/C13H15FIN3/c1-9(2)18-8-16-6-11(18)7-17-13-4-3-10(14)5-12(13)15/h3-6,8-9,17H,7H2,1-2H3. The summed E-state index contributed by atoms with van der Waals surface area (Å²) in [6.07, 6.45) is 3.68. The maximum Gasteiger partial charge on any atom is 0.124 e. The van der Waals surface area contributed by atoms with E-state index in [1.54, 1.807) is 6.07 Å². The van der Waals surface area contributed by atoms with Gasteiger partial charge in [-0.2, -0.15) is 0 Å². The first kappa shape index (κ1) is 13.3. The van der Waals surface area contributed by atoms with E-state index in [4.69, 9.17) is 0 Å². The van der Waals surface area contributed by atoms with Crippen molar-refractivity contribution in [2.75, 3.05) is 5.32 Å². The Labute approximate surface area is 120 Å². The Bertz CT molecular complexity index is 537. The van der Waals surface area contributed by atoms with Crippen LogP contribution in [-0.4, -0.2) is 9.55 Å². The zero-order valence-electron chi connectivity index (χ0n) is 10.3. The second kappa shape index (κ2) is 5.69. The summed E-state index contributed by atoms with van der Waals surface area (Å²) >= 11 is 2.12. The quantitative estimate of drug-likeness (QED) is 0.842. The number of imidazole rings is 1. The molecule has 0 bridgehead atoms. The van der Waals surface area contributed by atoms with E-state index >= 15 is 0 Å². The lowest BCUT2D eigenvalue weighted by molar-refractivity contribution is 0.577. The van der Waals surface area contributed by atoms with Crippen LogP contribution in [0.3, 0.4) is 0 Å². The van der Waals surface area contributed by atoms with Crippen LogP contribution in [0.5, 0.6) is 0 Å². The Morgan fingerprint density at radius 1 is 1.44 bits per heavy atom. The lowest BCUT2D eigenvalue weighted by atomic mass is 10.3. The van der Waals surface area contributed by atoms with Gasteiger partial charge in [0.25, 0.3) is 0 Å². The van der Waals surface area contributed by atoms with E-state index in [2.05, 4.69) is 51.3 Å². The van der Waals surface area contributed by atoms with Crippen molar-refractivity contribution in [3.8, 4) is 0 Å². The molecule has 0 saturated heterocycles. The van der Waals surface area contributed by atoms with Crippen LogP contribution in [-0.2, 0) is 6.54 Å². The number of benzene rings is 1. The maximum absolute atomic E-state index is 13.0. The fourth-order valence-electron chi connectivity index (χ4n) is 1.75. The topological polar surface area (TPSA) is 29.9 Å². The summed E-state index contributed by atoms with van der Waals surface area (Å²) < 4.78 is 16.0. The average molecular weight is 359 g/mol. The van der Waals surface area contributed by atoms with Gasteiger partial charge in [0.1, 0.15) is 5.82 Å². The Hall–Kier alpha value is -1.11. The van der Waals surface area contributed by atoms with Gasteiger partial charge in [0.15, 0.2) is 0 Å². The predicted octanol–water partition coefficient (Wildman–Crippen LogP) is 3.82. The minimum atomic E-state index is -0.211. The molecule has 1 heterocycles. The molecule has 1 N–H and O–H groups in total. The van der Waals surface area contributed by atoms with Gasteiger partial charge in [0.2, 0.25) is 0 Å². The van der Waals surface area contributed by atoms with Crippen LogP contribution in [0.1, 0.15) is 25.6 Å². The van der Waals surface area contributed by atoms with Gasteiger partial charge in [0.05, 0.1) is 18.6 Å². The van der Waals surface area contributed by atoms with Gasteiger partial charge in [-0.1, -0.05) is 0 Å². The molecular formula is C13H15FIN3. The second-order valence-electron chi connectivity index (χ2n) is 4.36. The van der Waals surface area contributed by atoms with Crippen molar-refractivity contribution in [2.45, 2.75) is 26.4 Å². The van der Waals surface area contributed by atoms with E-state index in [9.17, 15) is 4.39 Å². The molecule has 2 rings (SSSR count). The van der Waals surface area contributed by atoms with Crippen molar-refractivity contribution in [3.05, 3.63) is 45.8 Å². The molecule has 0 unspecified atom stereocenters. The molecule has 1 aromatic heterocycles. The zero-order valence-corrected chi connectivity index (χ0v) is 12.5. The number of rotatable bonds is 4. The fraction of sp³-hybridized carbons (Fsp3) is 0.308. The van der Waals surface area contributed by atoms with Gasteiger partial charge in [0, 0.05) is 21.5 Å². The number of halogens is 2. The van der Waals surface area contributed by atoms with E-state index in [-0.39, 0.29) is 5.82 Å². The van der Waals surface area contributed by atoms with Crippen LogP contribution < -0.4 is 5.32 Å². The molecule has 5 heteroatoms. The third-order valence-corrected chi connectivity index (χ3v) is 3.59. The molecule has 96 valence electrons. The number of hydrogen-bond donors (Lipinski definition) is 1.